The van der Waals surface area contributed by atoms with Gasteiger partial charge in [0.2, 0.25) is 0 Å². The van der Waals surface area contributed by atoms with Crippen molar-refractivity contribution in [2.75, 3.05) is 25.0 Å². The molecule has 1 saturated heterocycles. The molecular formula is C29H35N5O. The monoisotopic (exact) mass is 469 g/mol. The largest absolute Gasteiger partial charge is 0.310 e. The third-order valence-electron chi connectivity index (χ3n) is 6.52. The second-order valence-corrected chi connectivity index (χ2v) is 9.15. The lowest BCUT2D eigenvalue weighted by Crippen LogP contribution is -2.29. The van der Waals surface area contributed by atoms with E-state index in [0.717, 1.165) is 48.4 Å². The normalized spacial score (nSPS) is 14.9. The number of likely N-dealkylation sites (tertiary alicyclic amines) is 1. The first-order valence-electron chi connectivity index (χ1n) is 12.5. The number of nitrogens with one attached hydrogen (secondary N) is 2. The maximum Gasteiger partial charge on any atom is 0.256 e. The molecule has 1 aliphatic rings. The molecule has 3 heterocycles. The highest BCUT2D eigenvalue weighted by atomic mass is 16.1. The summed E-state index contributed by atoms with van der Waals surface area (Å²) in [7, 11) is 0. The fraction of sp³-hybridized carbons (Fsp3) is 0.345. The van der Waals surface area contributed by atoms with Crippen molar-refractivity contribution in [3.63, 3.8) is 0 Å². The third kappa shape index (κ3) is 6.41. The van der Waals surface area contributed by atoms with Crippen LogP contribution < -0.4 is 10.6 Å². The van der Waals surface area contributed by atoms with Crippen LogP contribution in [0.2, 0.25) is 0 Å². The van der Waals surface area contributed by atoms with Crippen LogP contribution in [-0.4, -0.2) is 40.4 Å². The number of amides is 1. The Bertz CT molecular complexity index is 1150. The summed E-state index contributed by atoms with van der Waals surface area (Å²) in [6.45, 7) is 12.4. The average Bonchev–Trinajstić information content (AvgIpc) is 2.89. The third-order valence-corrected chi connectivity index (χ3v) is 6.52. The molecule has 0 saturated carbocycles. The molecule has 6 nitrogen and oxygen atoms in total. The van der Waals surface area contributed by atoms with Crippen molar-refractivity contribution in [3.8, 4) is 11.1 Å². The van der Waals surface area contributed by atoms with Crippen molar-refractivity contribution >= 4 is 17.3 Å². The summed E-state index contributed by atoms with van der Waals surface area (Å²) >= 11 is 0. The van der Waals surface area contributed by atoms with Gasteiger partial charge in [-0.3, -0.25) is 14.7 Å². The van der Waals surface area contributed by atoms with E-state index in [2.05, 4.69) is 70.2 Å². The van der Waals surface area contributed by atoms with Gasteiger partial charge in [0.25, 0.3) is 5.91 Å². The van der Waals surface area contributed by atoms with Crippen molar-refractivity contribution < 1.29 is 4.79 Å². The van der Waals surface area contributed by atoms with Crippen molar-refractivity contribution in [1.29, 1.82) is 0 Å². The molecule has 35 heavy (non-hydrogen) atoms. The van der Waals surface area contributed by atoms with Crippen LogP contribution in [0.15, 0.2) is 67.6 Å². The summed E-state index contributed by atoms with van der Waals surface area (Å²) in [5, 5.41) is 6.32. The number of pyridine rings is 2. The van der Waals surface area contributed by atoms with Gasteiger partial charge in [0.1, 0.15) is 5.82 Å². The smallest absolute Gasteiger partial charge is 0.256 e. The zero-order valence-electron chi connectivity index (χ0n) is 20.8. The van der Waals surface area contributed by atoms with Crippen LogP contribution in [-0.2, 0) is 11.3 Å². The van der Waals surface area contributed by atoms with E-state index in [0.29, 0.717) is 11.4 Å². The van der Waals surface area contributed by atoms with Gasteiger partial charge in [-0.05, 0) is 85.9 Å². The zero-order valence-corrected chi connectivity index (χ0v) is 20.8. The van der Waals surface area contributed by atoms with Crippen molar-refractivity contribution in [1.82, 2.24) is 20.2 Å². The minimum atomic E-state index is -0.261. The van der Waals surface area contributed by atoms with E-state index in [-0.39, 0.29) is 11.9 Å². The number of benzene rings is 1. The van der Waals surface area contributed by atoms with Crippen molar-refractivity contribution in [3.05, 3.63) is 84.3 Å². The number of rotatable bonds is 9. The molecule has 1 aromatic carbocycles. The fourth-order valence-electron chi connectivity index (χ4n) is 4.65. The maximum absolute atomic E-state index is 13.1. The number of hydrogen-bond acceptors (Lipinski definition) is 5. The standard InChI is InChI=1S/C29H35N5O/c1-4-31-22(3)26-12-11-24(17-27(26)21(2)29(35)33-28-10-6-7-13-32-28)25-16-23(18-30-19-25)20-34-14-8-5-9-15-34/h6-7,10-13,16-19,22,31H,2,4-5,8-9,14-15,20H2,1,3H3,(H,32,33,35). The Labute approximate surface area is 208 Å². The number of anilines is 1. The maximum atomic E-state index is 13.1. The van der Waals surface area contributed by atoms with Crippen LogP contribution in [0.3, 0.4) is 0 Å². The average molecular weight is 470 g/mol. The Hall–Kier alpha value is -3.35. The molecule has 2 aromatic heterocycles. The lowest BCUT2D eigenvalue weighted by molar-refractivity contribution is -0.111. The molecule has 3 aromatic rings. The van der Waals surface area contributed by atoms with Gasteiger partial charge in [-0.25, -0.2) is 4.98 Å². The van der Waals surface area contributed by atoms with Gasteiger partial charge in [0.15, 0.2) is 0 Å². The lowest BCUT2D eigenvalue weighted by Gasteiger charge is -2.26. The number of carbonyl (C=O) groups excluding carboxylic acids is 1. The van der Waals surface area contributed by atoms with Gasteiger partial charge in [-0.15, -0.1) is 0 Å². The zero-order chi connectivity index (χ0) is 24.6. The number of piperidine rings is 1. The van der Waals surface area contributed by atoms with E-state index in [1.165, 1.54) is 24.8 Å². The first kappa shape index (κ1) is 24.8. The Morgan fingerprint density at radius 1 is 1.09 bits per heavy atom. The van der Waals surface area contributed by atoms with Gasteiger partial charge < -0.3 is 10.6 Å². The molecule has 1 fully saturated rings. The van der Waals surface area contributed by atoms with Crippen LogP contribution in [0, 0.1) is 0 Å². The van der Waals surface area contributed by atoms with Gasteiger partial charge >= 0.3 is 0 Å². The summed E-state index contributed by atoms with van der Waals surface area (Å²) < 4.78 is 0. The van der Waals surface area contributed by atoms with Crippen LogP contribution >= 0.6 is 0 Å². The fourth-order valence-corrected chi connectivity index (χ4v) is 4.65. The minimum Gasteiger partial charge on any atom is -0.310 e. The quantitative estimate of drug-likeness (QED) is 0.408. The molecular weight excluding hydrogens is 434 g/mol. The summed E-state index contributed by atoms with van der Waals surface area (Å²) in [5.41, 5.74) is 5.55. The highest BCUT2D eigenvalue weighted by Crippen LogP contribution is 2.31. The topological polar surface area (TPSA) is 70.2 Å². The van der Waals surface area contributed by atoms with Crippen LogP contribution in [0.4, 0.5) is 5.82 Å². The van der Waals surface area contributed by atoms with Crippen LogP contribution in [0.5, 0.6) is 0 Å². The molecule has 0 bridgehead atoms. The minimum absolute atomic E-state index is 0.0759. The van der Waals surface area contributed by atoms with Crippen LogP contribution in [0.1, 0.15) is 55.8 Å². The summed E-state index contributed by atoms with van der Waals surface area (Å²) in [5.74, 6) is 0.244. The molecule has 1 atom stereocenters. The SMILES string of the molecule is C=C(C(=O)Nc1ccccn1)c1cc(-c2cncc(CN3CCCCC3)c2)ccc1C(C)NCC. The van der Waals surface area contributed by atoms with E-state index in [1.807, 2.05) is 24.5 Å². The molecule has 1 aliphatic heterocycles. The Morgan fingerprint density at radius 2 is 1.91 bits per heavy atom. The highest BCUT2D eigenvalue weighted by Gasteiger charge is 2.19. The predicted molar refractivity (Wildman–Crippen MR) is 143 cm³/mol. The first-order chi connectivity index (χ1) is 17.0. The summed E-state index contributed by atoms with van der Waals surface area (Å²) in [6.07, 6.45) is 9.37. The predicted octanol–water partition coefficient (Wildman–Crippen LogP) is 5.45. The number of carbonyl (C=O) groups is 1. The van der Waals surface area contributed by atoms with E-state index < -0.39 is 0 Å². The molecule has 0 radical (unpaired) electrons. The number of hydrogen-bond donors (Lipinski definition) is 2. The molecule has 4 rings (SSSR count). The Morgan fingerprint density at radius 3 is 2.66 bits per heavy atom. The van der Waals surface area contributed by atoms with E-state index in [1.54, 1.807) is 12.3 Å². The first-order valence-corrected chi connectivity index (χ1v) is 12.5. The molecule has 2 N–H and O–H groups in total. The number of aromatic nitrogens is 2. The number of nitrogens with zero attached hydrogens (tertiary/aromatic N) is 3. The Balaban J connectivity index is 1.63. The van der Waals surface area contributed by atoms with Gasteiger partial charge in [0, 0.05) is 42.3 Å². The van der Waals surface area contributed by atoms with Crippen molar-refractivity contribution in [2.24, 2.45) is 0 Å². The second-order valence-electron chi connectivity index (χ2n) is 9.15. The molecule has 182 valence electrons. The van der Waals surface area contributed by atoms with Crippen LogP contribution in [0.25, 0.3) is 16.7 Å². The van der Waals surface area contributed by atoms with E-state index in [9.17, 15) is 4.79 Å². The van der Waals surface area contributed by atoms with Gasteiger partial charge in [-0.2, -0.15) is 0 Å². The highest BCUT2D eigenvalue weighted by molar-refractivity contribution is 6.24. The van der Waals surface area contributed by atoms with Gasteiger partial charge in [0.05, 0.1) is 0 Å². The molecule has 6 heteroatoms. The molecule has 0 spiro atoms. The molecule has 1 unspecified atom stereocenters. The second kappa shape index (κ2) is 11.9. The van der Waals surface area contributed by atoms with E-state index >= 15 is 0 Å². The Kier molecular flexibility index (Phi) is 8.40. The lowest BCUT2D eigenvalue weighted by atomic mass is 9.91. The van der Waals surface area contributed by atoms with E-state index in [4.69, 9.17) is 0 Å². The summed E-state index contributed by atoms with van der Waals surface area (Å²) in [6, 6.07) is 14.0. The van der Waals surface area contributed by atoms with Gasteiger partial charge in [-0.1, -0.05) is 38.1 Å². The van der Waals surface area contributed by atoms with Crippen molar-refractivity contribution in [2.45, 2.75) is 45.7 Å². The summed E-state index contributed by atoms with van der Waals surface area (Å²) in [4.78, 5) is 24.3. The molecule has 1 amide bonds. The molecule has 0 aliphatic carbocycles.